The van der Waals surface area contributed by atoms with E-state index in [0.717, 1.165) is 5.56 Å². The molecule has 3 heterocycles. The Hall–Kier alpha value is -4.73. The van der Waals surface area contributed by atoms with E-state index >= 15 is 0 Å². The van der Waals surface area contributed by atoms with Gasteiger partial charge >= 0.3 is 5.97 Å². The second-order valence-corrected chi connectivity index (χ2v) is 12.0. The number of anilines is 1. The Kier molecular flexibility index (Phi) is 11.9. The highest BCUT2D eigenvalue weighted by Crippen LogP contribution is 2.27. The fourth-order valence-electron chi connectivity index (χ4n) is 4.86. The van der Waals surface area contributed by atoms with Crippen LogP contribution in [0.15, 0.2) is 66.1 Å². The summed E-state index contributed by atoms with van der Waals surface area (Å²) in [4.78, 5) is 77.1. The molecule has 2 aromatic rings. The van der Waals surface area contributed by atoms with E-state index < -0.39 is 77.6 Å². The van der Waals surface area contributed by atoms with Crippen LogP contribution >= 0.6 is 11.8 Å². The molecule has 0 aliphatic carbocycles. The number of carboxylic acid groups (broad SMARTS) is 1. The average Bonchev–Trinajstić information content (AvgIpc) is 3.58. The molecule has 0 aromatic heterocycles. The first-order valence-electron chi connectivity index (χ1n) is 14.5. The molecule has 2 unspecified atom stereocenters. The van der Waals surface area contributed by atoms with Gasteiger partial charge in [-0.15, -0.1) is 11.8 Å². The van der Waals surface area contributed by atoms with Gasteiger partial charge in [-0.25, -0.2) is 4.79 Å². The smallest absolute Gasteiger partial charge is 0.326 e. The largest absolute Gasteiger partial charge is 0.480 e. The average molecular weight is 654 g/mol. The first kappa shape index (κ1) is 34.1. The Morgan fingerprint density at radius 1 is 0.826 bits per heavy atom. The number of rotatable bonds is 5. The van der Waals surface area contributed by atoms with Crippen molar-refractivity contribution in [3.8, 4) is 0 Å². The van der Waals surface area contributed by atoms with Gasteiger partial charge < -0.3 is 41.9 Å². The summed E-state index contributed by atoms with van der Waals surface area (Å²) in [5, 5.41) is 44.1. The van der Waals surface area contributed by atoms with E-state index in [1.807, 2.05) is 30.3 Å². The summed E-state index contributed by atoms with van der Waals surface area (Å²) in [6, 6.07) is 11.2. The van der Waals surface area contributed by atoms with Gasteiger partial charge in [-0.3, -0.25) is 24.0 Å². The summed E-state index contributed by atoms with van der Waals surface area (Å²) in [5.74, 6) is -5.86. The van der Waals surface area contributed by atoms with Crippen LogP contribution < -0.4 is 26.6 Å². The number of aryl methyl sites for hydroxylation is 1. The van der Waals surface area contributed by atoms with Crippen molar-refractivity contribution in [2.24, 2.45) is 0 Å². The number of hydrogen-bond donors (Lipinski definition) is 8. The number of carbonyl (C=O) groups is 6. The quantitative estimate of drug-likeness (QED) is 0.188. The Bertz CT molecular complexity index is 1460. The second kappa shape index (κ2) is 16.0. The van der Waals surface area contributed by atoms with Crippen LogP contribution in [0.4, 0.5) is 5.69 Å². The number of fused-ring (bicyclic) bond motifs is 18. The number of carboxylic acids is 1. The summed E-state index contributed by atoms with van der Waals surface area (Å²) in [5.41, 5.74) is 1.54. The Labute approximate surface area is 268 Å². The van der Waals surface area contributed by atoms with Crippen LogP contribution in [-0.2, 0) is 41.6 Å². The van der Waals surface area contributed by atoms with Gasteiger partial charge in [0.1, 0.15) is 18.1 Å². The van der Waals surface area contributed by atoms with E-state index in [0.29, 0.717) is 18.4 Å². The van der Waals surface area contributed by atoms with Gasteiger partial charge in [0.15, 0.2) is 12.2 Å². The third kappa shape index (κ3) is 9.39. The monoisotopic (exact) mass is 653 g/mol. The number of aliphatic hydroxyl groups excluding tert-OH is 2. The van der Waals surface area contributed by atoms with Crippen molar-refractivity contribution in [1.82, 2.24) is 21.3 Å². The van der Waals surface area contributed by atoms with Gasteiger partial charge in [0.2, 0.25) is 17.7 Å². The molecule has 2 aromatic carbocycles. The topological polar surface area (TPSA) is 223 Å². The maximum Gasteiger partial charge on any atom is 0.326 e. The molecule has 3 aliphatic rings. The van der Waals surface area contributed by atoms with E-state index in [2.05, 4.69) is 26.6 Å². The highest BCUT2D eigenvalue weighted by Gasteiger charge is 2.37. The number of carbonyl (C=O) groups excluding carboxylic acids is 5. The predicted molar refractivity (Wildman–Crippen MR) is 167 cm³/mol. The fraction of sp³-hybridized carbons (Fsp3) is 0.355. The van der Waals surface area contributed by atoms with Gasteiger partial charge in [-0.2, -0.15) is 0 Å². The highest BCUT2D eigenvalue weighted by atomic mass is 32.2. The Balaban J connectivity index is 1.60. The first-order valence-corrected chi connectivity index (χ1v) is 15.5. The molecule has 3 aliphatic heterocycles. The third-order valence-electron chi connectivity index (χ3n) is 7.42. The second-order valence-electron chi connectivity index (χ2n) is 10.8. The number of amides is 5. The van der Waals surface area contributed by atoms with Gasteiger partial charge in [-0.05, 0) is 47.9 Å². The Morgan fingerprint density at radius 2 is 1.52 bits per heavy atom. The van der Waals surface area contributed by atoms with Crippen molar-refractivity contribution in [3.05, 3.63) is 77.2 Å². The van der Waals surface area contributed by atoms with Gasteiger partial charge in [-0.1, -0.05) is 48.5 Å². The minimum atomic E-state index is -2.23. The molecule has 0 saturated carbocycles. The van der Waals surface area contributed by atoms with E-state index in [4.69, 9.17) is 0 Å². The summed E-state index contributed by atoms with van der Waals surface area (Å²) in [7, 11) is 0. The van der Waals surface area contributed by atoms with Crippen LogP contribution in [0.2, 0.25) is 0 Å². The van der Waals surface area contributed by atoms with Crippen LogP contribution in [0.3, 0.4) is 0 Å². The lowest BCUT2D eigenvalue weighted by Gasteiger charge is -2.26. The minimum absolute atomic E-state index is 0.125. The molecule has 244 valence electrons. The molecule has 0 radical (unpaired) electrons. The normalized spacial score (nSPS) is 26.6. The molecule has 2 bridgehead atoms. The van der Waals surface area contributed by atoms with Crippen molar-refractivity contribution in [2.75, 3.05) is 11.9 Å². The third-order valence-corrected chi connectivity index (χ3v) is 8.59. The van der Waals surface area contributed by atoms with E-state index in [1.54, 1.807) is 11.5 Å². The first-order chi connectivity index (χ1) is 22.0. The maximum absolute atomic E-state index is 13.4. The Morgan fingerprint density at radius 3 is 2.17 bits per heavy atom. The lowest BCUT2D eigenvalue weighted by Crippen LogP contribution is -2.58. The van der Waals surface area contributed by atoms with Gasteiger partial charge in [0, 0.05) is 17.4 Å². The van der Waals surface area contributed by atoms with Crippen LogP contribution in [-0.4, -0.2) is 93.0 Å². The van der Waals surface area contributed by atoms with Crippen LogP contribution in [0.25, 0.3) is 0 Å². The lowest BCUT2D eigenvalue weighted by atomic mass is 10.0. The van der Waals surface area contributed by atoms with Gasteiger partial charge in [0.25, 0.3) is 11.8 Å². The van der Waals surface area contributed by atoms with Gasteiger partial charge in [0.05, 0.1) is 6.54 Å². The van der Waals surface area contributed by atoms with Crippen molar-refractivity contribution < 1.29 is 44.1 Å². The predicted octanol–water partition coefficient (Wildman–Crippen LogP) is -0.790. The number of benzene rings is 2. The maximum atomic E-state index is 13.4. The van der Waals surface area contributed by atoms with Crippen molar-refractivity contribution in [3.63, 3.8) is 0 Å². The zero-order chi connectivity index (χ0) is 33.2. The molecule has 46 heavy (non-hydrogen) atoms. The summed E-state index contributed by atoms with van der Waals surface area (Å²) < 4.78 is 0. The number of aliphatic hydroxyl groups is 2. The number of aliphatic carboxylic acids is 1. The van der Waals surface area contributed by atoms with E-state index in [1.165, 1.54) is 36.0 Å². The molecule has 8 N–H and O–H groups in total. The molecule has 0 fully saturated rings. The van der Waals surface area contributed by atoms with E-state index in [9.17, 15) is 44.1 Å². The molecule has 0 spiro atoms. The zero-order valence-corrected chi connectivity index (χ0v) is 25.4. The SMILES string of the molecule is O=C1CNC(=O)C(C2CC=CS2)NC(=O)[C@H](O)[C@@H](O)C(=O)Nc2ccc(cc2)C[C@@H](C(=O)O)NC(=O)[C@H](CCc2ccccc2)N1. The van der Waals surface area contributed by atoms with E-state index in [-0.39, 0.29) is 18.5 Å². The van der Waals surface area contributed by atoms with Crippen LogP contribution in [0.1, 0.15) is 24.0 Å². The van der Waals surface area contributed by atoms with Crippen molar-refractivity contribution in [2.45, 2.75) is 61.3 Å². The van der Waals surface area contributed by atoms with Crippen LogP contribution in [0, 0.1) is 0 Å². The molecule has 5 rings (SSSR count). The van der Waals surface area contributed by atoms with Crippen molar-refractivity contribution in [1.29, 1.82) is 0 Å². The molecular weight excluding hydrogens is 618 g/mol. The summed E-state index contributed by atoms with van der Waals surface area (Å²) in [6.07, 6.45) is -1.92. The number of hydrogen-bond acceptors (Lipinski definition) is 9. The molecule has 0 saturated heterocycles. The summed E-state index contributed by atoms with van der Waals surface area (Å²) in [6.45, 7) is -0.590. The fourth-order valence-corrected chi connectivity index (χ4v) is 5.86. The number of thioether (sulfide) groups is 1. The minimum Gasteiger partial charge on any atom is -0.480 e. The zero-order valence-electron chi connectivity index (χ0n) is 24.5. The molecule has 14 nitrogen and oxygen atoms in total. The number of nitrogens with one attached hydrogen (secondary N) is 5. The molecule has 15 heteroatoms. The molecular formula is C31H35N5O9S. The molecule has 6 atom stereocenters. The standard InChI is InChI=1S/C31H35N5O9S/c37-23-16-32-28(41)24(22-7-4-14-46-22)36-30(43)26(39)25(38)29(42)33-19-11-8-18(9-12-19)15-21(31(44)45)35-27(40)20(34-23)13-10-17-5-2-1-3-6-17/h1-6,8-9,11-12,14,20-22,24-26,38-39H,7,10,13,15-16H2,(H,32,41)(H,33,42)(H,34,37)(H,35,40)(H,36,43)(H,44,45)/t20-,21-,22?,24?,25+,26+/m0/s1. The molecule has 5 amide bonds. The van der Waals surface area contributed by atoms with Crippen molar-refractivity contribution >= 4 is 53.0 Å². The van der Waals surface area contributed by atoms with Crippen LogP contribution in [0.5, 0.6) is 0 Å². The number of allylic oxidation sites excluding steroid dienone is 1. The highest BCUT2D eigenvalue weighted by molar-refractivity contribution is 8.03. The summed E-state index contributed by atoms with van der Waals surface area (Å²) >= 11 is 1.23. The lowest BCUT2D eigenvalue weighted by molar-refractivity contribution is -0.144.